The summed E-state index contributed by atoms with van der Waals surface area (Å²) in [6.45, 7) is 1.45. The van der Waals surface area contributed by atoms with Gasteiger partial charge in [0.05, 0.1) is 10.6 Å². The molecule has 0 saturated carbocycles. The molecule has 1 rings (SSSR count). The number of sulfonamides is 1. The van der Waals surface area contributed by atoms with Crippen molar-refractivity contribution in [2.75, 3.05) is 5.75 Å². The molecule has 1 aromatic rings. The Bertz CT molecular complexity index is 562. The molecule has 6 nitrogen and oxygen atoms in total. The first kappa shape index (κ1) is 12.1. The number of sulfone groups is 1. The summed E-state index contributed by atoms with van der Waals surface area (Å²) in [5.41, 5.74) is 0. The maximum Gasteiger partial charge on any atom is 0.238 e. The van der Waals surface area contributed by atoms with E-state index < -0.39 is 19.9 Å². The van der Waals surface area contributed by atoms with E-state index in [4.69, 9.17) is 5.14 Å². The maximum atomic E-state index is 11.4. The van der Waals surface area contributed by atoms with Crippen molar-refractivity contribution >= 4 is 19.9 Å². The lowest BCUT2D eigenvalue weighted by Gasteiger charge is -2.02. The van der Waals surface area contributed by atoms with Crippen molar-refractivity contribution in [2.24, 2.45) is 5.14 Å². The summed E-state index contributed by atoms with van der Waals surface area (Å²) in [7, 11) is -7.41. The zero-order valence-electron chi connectivity index (χ0n) is 7.91. The second-order valence-corrected chi connectivity index (χ2v) is 6.56. The third-order valence-electron chi connectivity index (χ3n) is 1.73. The van der Waals surface area contributed by atoms with Gasteiger partial charge in [-0.15, -0.1) is 0 Å². The lowest BCUT2D eigenvalue weighted by Crippen LogP contribution is -2.14. The number of hydrogen-bond donors (Lipinski definition) is 1. The smallest absolute Gasteiger partial charge is 0.238 e. The SMILES string of the molecule is CCS(=O)(=O)c1cc(S(N)(=O)=O)ccn1. The Hall–Kier alpha value is -0.990. The topological polar surface area (TPSA) is 107 Å². The van der Waals surface area contributed by atoms with Gasteiger partial charge in [-0.2, -0.15) is 0 Å². The van der Waals surface area contributed by atoms with E-state index in [-0.39, 0.29) is 15.7 Å². The molecule has 84 valence electrons. The van der Waals surface area contributed by atoms with E-state index in [1.807, 2.05) is 0 Å². The van der Waals surface area contributed by atoms with Crippen molar-refractivity contribution in [2.45, 2.75) is 16.8 Å². The van der Waals surface area contributed by atoms with E-state index >= 15 is 0 Å². The van der Waals surface area contributed by atoms with Crippen molar-refractivity contribution in [3.8, 4) is 0 Å². The molecule has 1 heterocycles. The van der Waals surface area contributed by atoms with E-state index in [0.717, 1.165) is 18.3 Å². The van der Waals surface area contributed by atoms with Gasteiger partial charge in [-0.1, -0.05) is 6.92 Å². The number of hydrogen-bond acceptors (Lipinski definition) is 5. The number of nitrogens with two attached hydrogens (primary N) is 1. The lowest BCUT2D eigenvalue weighted by molar-refractivity contribution is 0.592. The minimum absolute atomic E-state index is 0.145. The fraction of sp³-hybridized carbons (Fsp3) is 0.286. The molecule has 0 amide bonds. The van der Waals surface area contributed by atoms with Crippen molar-refractivity contribution in [1.29, 1.82) is 0 Å². The highest BCUT2D eigenvalue weighted by atomic mass is 32.2. The van der Waals surface area contributed by atoms with Gasteiger partial charge in [0.2, 0.25) is 10.0 Å². The number of aromatic nitrogens is 1. The predicted octanol–water partition coefficient (Wildman–Crippen LogP) is -0.477. The Kier molecular flexibility index (Phi) is 3.12. The van der Waals surface area contributed by atoms with E-state index in [1.54, 1.807) is 0 Å². The van der Waals surface area contributed by atoms with Crippen LogP contribution in [0.15, 0.2) is 28.3 Å². The quantitative estimate of drug-likeness (QED) is 0.779. The van der Waals surface area contributed by atoms with Crippen LogP contribution in [0, 0.1) is 0 Å². The summed E-state index contributed by atoms with van der Waals surface area (Å²) in [5.74, 6) is -0.145. The van der Waals surface area contributed by atoms with Crippen molar-refractivity contribution in [1.82, 2.24) is 4.98 Å². The monoisotopic (exact) mass is 250 g/mol. The summed E-state index contributed by atoms with van der Waals surface area (Å²) >= 11 is 0. The van der Waals surface area contributed by atoms with E-state index in [9.17, 15) is 16.8 Å². The molecule has 0 aliphatic carbocycles. The fourth-order valence-corrected chi connectivity index (χ4v) is 2.31. The van der Waals surface area contributed by atoms with Gasteiger partial charge in [-0.05, 0) is 12.1 Å². The first-order chi connectivity index (χ1) is 6.77. The molecule has 0 saturated heterocycles. The molecular formula is C7H10N2O4S2. The first-order valence-electron chi connectivity index (χ1n) is 3.99. The van der Waals surface area contributed by atoms with E-state index in [2.05, 4.69) is 4.98 Å². The van der Waals surface area contributed by atoms with Gasteiger partial charge in [0, 0.05) is 6.20 Å². The molecule has 0 radical (unpaired) electrons. The first-order valence-corrected chi connectivity index (χ1v) is 7.19. The van der Waals surface area contributed by atoms with Crippen LogP contribution in [-0.4, -0.2) is 27.6 Å². The molecule has 1 aromatic heterocycles. The van der Waals surface area contributed by atoms with Crippen LogP contribution >= 0.6 is 0 Å². The minimum atomic E-state index is -3.90. The fourth-order valence-electron chi connectivity index (χ4n) is 0.886. The molecular weight excluding hydrogens is 240 g/mol. The largest absolute Gasteiger partial charge is 0.245 e. The van der Waals surface area contributed by atoms with Gasteiger partial charge in [0.1, 0.15) is 0 Å². The molecule has 0 aliphatic heterocycles. The van der Waals surface area contributed by atoms with Gasteiger partial charge in [-0.3, -0.25) is 0 Å². The molecule has 0 spiro atoms. The standard InChI is InChI=1S/C7H10N2O4S2/c1-2-14(10,11)7-5-6(3-4-9-7)15(8,12)13/h3-5H,2H2,1H3,(H2,8,12,13). The van der Waals surface area contributed by atoms with Crippen LogP contribution in [0.2, 0.25) is 0 Å². The molecule has 0 bridgehead atoms. The van der Waals surface area contributed by atoms with Crippen LogP contribution in [0.25, 0.3) is 0 Å². The van der Waals surface area contributed by atoms with Gasteiger partial charge < -0.3 is 0 Å². The predicted molar refractivity (Wildman–Crippen MR) is 53.3 cm³/mol. The summed E-state index contributed by atoms with van der Waals surface area (Å²) < 4.78 is 44.7. The van der Waals surface area contributed by atoms with Crippen molar-refractivity contribution < 1.29 is 16.8 Å². The third kappa shape index (κ3) is 2.74. The number of primary sulfonamides is 1. The highest BCUT2D eigenvalue weighted by molar-refractivity contribution is 7.91. The van der Waals surface area contributed by atoms with Gasteiger partial charge >= 0.3 is 0 Å². The summed E-state index contributed by atoms with van der Waals surface area (Å²) in [6.07, 6.45) is 1.10. The molecule has 0 aromatic carbocycles. The zero-order chi connectivity index (χ0) is 11.7. The average molecular weight is 250 g/mol. The van der Waals surface area contributed by atoms with Crippen LogP contribution in [0.1, 0.15) is 6.92 Å². The Morgan fingerprint density at radius 1 is 1.33 bits per heavy atom. The zero-order valence-corrected chi connectivity index (χ0v) is 9.55. The molecule has 0 fully saturated rings. The number of pyridine rings is 1. The van der Waals surface area contributed by atoms with Crippen LogP contribution < -0.4 is 5.14 Å². The third-order valence-corrected chi connectivity index (χ3v) is 4.27. The maximum absolute atomic E-state index is 11.4. The highest BCUT2D eigenvalue weighted by Gasteiger charge is 2.16. The second kappa shape index (κ2) is 3.87. The molecule has 15 heavy (non-hydrogen) atoms. The molecule has 0 aliphatic rings. The van der Waals surface area contributed by atoms with Crippen LogP contribution in [0.4, 0.5) is 0 Å². The molecule has 2 N–H and O–H groups in total. The Morgan fingerprint density at radius 3 is 2.40 bits per heavy atom. The average Bonchev–Trinajstić information content (AvgIpc) is 2.17. The Morgan fingerprint density at radius 2 is 1.93 bits per heavy atom. The highest BCUT2D eigenvalue weighted by Crippen LogP contribution is 2.12. The Balaban J connectivity index is 3.39. The summed E-state index contributed by atoms with van der Waals surface area (Å²) in [4.78, 5) is 3.33. The summed E-state index contributed by atoms with van der Waals surface area (Å²) in [5, 5.41) is 4.58. The number of rotatable bonds is 3. The minimum Gasteiger partial charge on any atom is -0.245 e. The van der Waals surface area contributed by atoms with E-state index in [0.29, 0.717) is 0 Å². The van der Waals surface area contributed by atoms with E-state index in [1.165, 1.54) is 6.92 Å². The van der Waals surface area contributed by atoms with Crippen LogP contribution in [0.5, 0.6) is 0 Å². The van der Waals surface area contributed by atoms with Crippen LogP contribution in [0.3, 0.4) is 0 Å². The number of nitrogens with zero attached hydrogens (tertiary/aromatic N) is 1. The van der Waals surface area contributed by atoms with Crippen molar-refractivity contribution in [3.05, 3.63) is 18.3 Å². The summed E-state index contributed by atoms with van der Waals surface area (Å²) in [6, 6.07) is 2.10. The molecule has 8 heteroatoms. The van der Waals surface area contributed by atoms with Gasteiger partial charge in [-0.25, -0.2) is 27.0 Å². The Labute approximate surface area is 88.1 Å². The normalized spacial score (nSPS) is 12.7. The second-order valence-electron chi connectivity index (χ2n) is 2.78. The van der Waals surface area contributed by atoms with Gasteiger partial charge in [0.25, 0.3) is 0 Å². The van der Waals surface area contributed by atoms with Gasteiger partial charge in [0.15, 0.2) is 14.9 Å². The molecule has 0 unspecified atom stereocenters. The van der Waals surface area contributed by atoms with Crippen molar-refractivity contribution in [3.63, 3.8) is 0 Å². The molecule has 0 atom stereocenters. The lowest BCUT2D eigenvalue weighted by atomic mass is 10.5. The van der Waals surface area contributed by atoms with Crippen LogP contribution in [-0.2, 0) is 19.9 Å².